The molecular weight excluding hydrogens is 336 g/mol. The lowest BCUT2D eigenvalue weighted by atomic mass is 10.1. The minimum atomic E-state index is -0.167. The van der Waals surface area contributed by atoms with E-state index in [4.69, 9.17) is 10.2 Å². The van der Waals surface area contributed by atoms with E-state index in [1.807, 2.05) is 31.2 Å². The first-order chi connectivity index (χ1) is 9.54. The Morgan fingerprint density at radius 3 is 2.85 bits per heavy atom. The fourth-order valence-electron chi connectivity index (χ4n) is 2.15. The fraction of sp³-hybridized carbons (Fsp3) is 0.267. The molecule has 104 valence electrons. The molecule has 0 radical (unpaired) electrons. The van der Waals surface area contributed by atoms with Gasteiger partial charge in [-0.05, 0) is 41.9 Å². The summed E-state index contributed by atoms with van der Waals surface area (Å²) in [6, 6.07) is 7.83. The molecule has 2 heterocycles. The molecule has 1 atom stereocenters. The summed E-state index contributed by atoms with van der Waals surface area (Å²) in [6.45, 7) is 4.11. The minimum Gasteiger partial charge on any atom is -0.458 e. The monoisotopic (exact) mass is 350 g/mol. The van der Waals surface area contributed by atoms with Crippen molar-refractivity contribution in [2.75, 3.05) is 0 Å². The lowest BCUT2D eigenvalue weighted by Crippen LogP contribution is -2.12. The highest BCUT2D eigenvalue weighted by Gasteiger charge is 2.16. The third kappa shape index (κ3) is 2.53. The van der Waals surface area contributed by atoms with Gasteiger partial charge in [0.25, 0.3) is 0 Å². The molecule has 0 fully saturated rings. The summed E-state index contributed by atoms with van der Waals surface area (Å²) in [6.07, 6.45) is 0.705. The van der Waals surface area contributed by atoms with Crippen LogP contribution in [0.5, 0.6) is 0 Å². The molecule has 5 heteroatoms. The molecule has 3 rings (SSSR count). The molecule has 0 bridgehead atoms. The summed E-state index contributed by atoms with van der Waals surface area (Å²) in [4.78, 5) is 5.78. The molecule has 2 aromatic heterocycles. The number of para-hydroxylation sites is 1. The summed E-state index contributed by atoms with van der Waals surface area (Å²) >= 11 is 5.20. The Morgan fingerprint density at radius 1 is 1.40 bits per heavy atom. The van der Waals surface area contributed by atoms with E-state index in [0.717, 1.165) is 31.9 Å². The maximum absolute atomic E-state index is 6.26. The average molecular weight is 351 g/mol. The summed E-state index contributed by atoms with van der Waals surface area (Å²) in [5, 5.41) is 2.13. The smallest absolute Gasteiger partial charge is 0.148 e. The predicted octanol–water partition coefficient (Wildman–Crippen LogP) is 4.51. The van der Waals surface area contributed by atoms with Crippen LogP contribution < -0.4 is 5.73 Å². The zero-order chi connectivity index (χ0) is 14.3. The summed E-state index contributed by atoms with van der Waals surface area (Å²) in [5.74, 6) is 0.803. The van der Waals surface area contributed by atoms with Crippen LogP contribution in [-0.4, -0.2) is 4.98 Å². The molecule has 0 aliphatic carbocycles. The van der Waals surface area contributed by atoms with Crippen molar-refractivity contribution in [2.45, 2.75) is 26.3 Å². The van der Waals surface area contributed by atoms with Crippen molar-refractivity contribution in [1.29, 1.82) is 0 Å². The molecule has 2 N–H and O–H groups in total. The molecule has 0 spiro atoms. The minimum absolute atomic E-state index is 0.167. The zero-order valence-corrected chi connectivity index (χ0v) is 13.7. The van der Waals surface area contributed by atoms with E-state index >= 15 is 0 Å². The van der Waals surface area contributed by atoms with Gasteiger partial charge in [0.05, 0.1) is 21.2 Å². The van der Waals surface area contributed by atoms with Gasteiger partial charge in [0.15, 0.2) is 0 Å². The first kappa shape index (κ1) is 13.8. The van der Waals surface area contributed by atoms with Crippen LogP contribution >= 0.6 is 27.3 Å². The lowest BCUT2D eigenvalue weighted by molar-refractivity contribution is 0.492. The van der Waals surface area contributed by atoms with E-state index in [1.54, 1.807) is 11.3 Å². The molecule has 1 unspecified atom stereocenters. The second kappa shape index (κ2) is 5.31. The van der Waals surface area contributed by atoms with Gasteiger partial charge in [-0.3, -0.25) is 0 Å². The molecule has 0 saturated carbocycles. The largest absolute Gasteiger partial charge is 0.458 e. The number of furan rings is 1. The van der Waals surface area contributed by atoms with Crippen LogP contribution in [0.2, 0.25) is 0 Å². The Labute approximate surface area is 129 Å². The van der Waals surface area contributed by atoms with Gasteiger partial charge in [0, 0.05) is 16.7 Å². The second-order valence-electron chi connectivity index (χ2n) is 4.87. The van der Waals surface area contributed by atoms with E-state index in [9.17, 15) is 0 Å². The van der Waals surface area contributed by atoms with E-state index in [1.165, 1.54) is 4.88 Å². The third-order valence-electron chi connectivity index (χ3n) is 3.35. The van der Waals surface area contributed by atoms with E-state index in [2.05, 4.69) is 27.8 Å². The molecular formula is C15H15BrN2OS. The van der Waals surface area contributed by atoms with Crippen molar-refractivity contribution in [3.8, 4) is 0 Å². The van der Waals surface area contributed by atoms with Gasteiger partial charge in [-0.1, -0.05) is 12.1 Å². The number of halogens is 1. The number of benzene rings is 1. The highest BCUT2D eigenvalue weighted by atomic mass is 79.9. The Bertz CT molecular complexity index is 743. The first-order valence-corrected chi connectivity index (χ1v) is 8.02. The third-order valence-corrected chi connectivity index (χ3v) is 5.07. The quantitative estimate of drug-likeness (QED) is 0.755. The van der Waals surface area contributed by atoms with Gasteiger partial charge in [0.2, 0.25) is 0 Å². The van der Waals surface area contributed by atoms with Gasteiger partial charge in [-0.2, -0.15) is 0 Å². The van der Waals surface area contributed by atoms with Crippen molar-refractivity contribution in [3.05, 3.63) is 50.1 Å². The van der Waals surface area contributed by atoms with Crippen molar-refractivity contribution in [1.82, 2.24) is 4.98 Å². The normalized spacial score (nSPS) is 13.0. The lowest BCUT2D eigenvalue weighted by Gasteiger charge is -2.05. The first-order valence-electron chi connectivity index (χ1n) is 6.41. The van der Waals surface area contributed by atoms with Crippen molar-refractivity contribution in [2.24, 2.45) is 5.73 Å². The number of aryl methyl sites for hydroxylation is 2. The molecule has 3 nitrogen and oxygen atoms in total. The number of thiazole rings is 1. The maximum atomic E-state index is 6.26. The molecule has 20 heavy (non-hydrogen) atoms. The van der Waals surface area contributed by atoms with E-state index in [-0.39, 0.29) is 6.04 Å². The number of fused-ring (bicyclic) bond motifs is 1. The van der Waals surface area contributed by atoms with E-state index < -0.39 is 0 Å². The van der Waals surface area contributed by atoms with Crippen LogP contribution in [0.25, 0.3) is 11.0 Å². The number of nitrogens with zero attached hydrogens (tertiary/aromatic N) is 1. The van der Waals surface area contributed by atoms with Crippen molar-refractivity contribution < 1.29 is 4.42 Å². The predicted molar refractivity (Wildman–Crippen MR) is 86.1 cm³/mol. The standard InChI is InChI=1S/C15H15BrN2OS/c1-8-9(2)20-14(18-8)7-12(17)13-6-10-4-3-5-11(16)15(10)19-13/h3-6,12H,7,17H2,1-2H3. The highest BCUT2D eigenvalue weighted by Crippen LogP contribution is 2.30. The van der Waals surface area contributed by atoms with Crippen LogP contribution in [-0.2, 0) is 6.42 Å². The maximum Gasteiger partial charge on any atom is 0.148 e. The van der Waals surface area contributed by atoms with Crippen LogP contribution in [0.4, 0.5) is 0 Å². The molecule has 0 aliphatic rings. The number of aromatic nitrogens is 1. The Balaban J connectivity index is 1.88. The number of hydrogen-bond donors (Lipinski definition) is 1. The number of hydrogen-bond acceptors (Lipinski definition) is 4. The molecule has 0 amide bonds. The van der Waals surface area contributed by atoms with Crippen LogP contribution in [0.15, 0.2) is 33.2 Å². The summed E-state index contributed by atoms with van der Waals surface area (Å²) in [7, 11) is 0. The van der Waals surface area contributed by atoms with Crippen molar-refractivity contribution in [3.63, 3.8) is 0 Å². The molecule has 0 saturated heterocycles. The number of nitrogens with two attached hydrogens (primary N) is 1. The number of rotatable bonds is 3. The molecule has 0 aliphatic heterocycles. The average Bonchev–Trinajstić information content (AvgIpc) is 2.95. The summed E-state index contributed by atoms with van der Waals surface area (Å²) in [5.41, 5.74) is 8.20. The SMILES string of the molecule is Cc1nc(CC(N)c2cc3cccc(Br)c3o2)sc1C. The van der Waals surface area contributed by atoms with Crippen LogP contribution in [0.1, 0.15) is 27.4 Å². The topological polar surface area (TPSA) is 52.0 Å². The van der Waals surface area contributed by atoms with Crippen LogP contribution in [0.3, 0.4) is 0 Å². The Hall–Kier alpha value is -1.17. The fourth-order valence-corrected chi connectivity index (χ4v) is 3.60. The Kier molecular flexibility index (Phi) is 3.67. The second-order valence-corrected chi connectivity index (χ2v) is 7.01. The van der Waals surface area contributed by atoms with Gasteiger partial charge in [-0.15, -0.1) is 11.3 Å². The van der Waals surface area contributed by atoms with E-state index in [0.29, 0.717) is 6.42 Å². The van der Waals surface area contributed by atoms with Gasteiger partial charge >= 0.3 is 0 Å². The van der Waals surface area contributed by atoms with Gasteiger partial charge in [0.1, 0.15) is 11.3 Å². The summed E-state index contributed by atoms with van der Waals surface area (Å²) < 4.78 is 6.83. The van der Waals surface area contributed by atoms with Crippen molar-refractivity contribution >= 4 is 38.2 Å². The zero-order valence-electron chi connectivity index (χ0n) is 11.3. The van der Waals surface area contributed by atoms with Gasteiger partial charge < -0.3 is 10.2 Å². The Morgan fingerprint density at radius 2 is 2.20 bits per heavy atom. The van der Waals surface area contributed by atoms with Crippen LogP contribution in [0, 0.1) is 13.8 Å². The molecule has 1 aromatic carbocycles. The van der Waals surface area contributed by atoms with Gasteiger partial charge in [-0.25, -0.2) is 4.98 Å². The molecule has 3 aromatic rings. The highest BCUT2D eigenvalue weighted by molar-refractivity contribution is 9.10.